The number of aryl methyl sites for hydroxylation is 1. The number of imidazole rings is 1. The van der Waals surface area contributed by atoms with Crippen LogP contribution >= 0.6 is 0 Å². The summed E-state index contributed by atoms with van der Waals surface area (Å²) in [5.74, 6) is 10.9. The number of nitrogens with zero attached hydrogens (tertiary/aromatic N) is 5. The van der Waals surface area contributed by atoms with Crippen LogP contribution in [0.4, 0.5) is 10.2 Å². The van der Waals surface area contributed by atoms with Crippen molar-refractivity contribution in [2.75, 3.05) is 11.9 Å². The monoisotopic (exact) mass is 536 g/mol. The smallest absolute Gasteiger partial charge is 0.305 e. The van der Waals surface area contributed by atoms with Gasteiger partial charge in [-0.05, 0) is 62.9 Å². The third-order valence-corrected chi connectivity index (χ3v) is 6.41. The lowest BCUT2D eigenvalue weighted by molar-refractivity contribution is -0.144. The average Bonchev–Trinajstić information content (AvgIpc) is 3.65. The van der Waals surface area contributed by atoms with Crippen molar-refractivity contribution in [3.8, 4) is 5.69 Å². The Labute approximate surface area is 226 Å². The number of amidine groups is 1. The maximum atomic E-state index is 14.9. The first-order valence-electron chi connectivity index (χ1n) is 12.8. The van der Waals surface area contributed by atoms with Crippen molar-refractivity contribution in [1.29, 1.82) is 0 Å². The maximum absolute atomic E-state index is 14.9. The van der Waals surface area contributed by atoms with Crippen LogP contribution < -0.4 is 17.0 Å². The number of carbonyl (C=O) groups excluding carboxylic acids is 2. The molecule has 2 aromatic heterocycles. The van der Waals surface area contributed by atoms with Gasteiger partial charge < -0.3 is 20.5 Å². The molecule has 0 saturated heterocycles. The Kier molecular flexibility index (Phi) is 8.55. The predicted molar refractivity (Wildman–Crippen MR) is 145 cm³/mol. The molecule has 2 heterocycles. The molecule has 3 aromatic rings. The fourth-order valence-electron chi connectivity index (χ4n) is 4.03. The molecule has 0 spiro atoms. The van der Waals surface area contributed by atoms with Gasteiger partial charge in [0.2, 0.25) is 0 Å². The number of carbonyl (C=O) groups is 2. The molecular weight excluding hydrogens is 503 g/mol. The minimum atomic E-state index is -0.673. The Hall–Kier alpha value is -4.32. The SMILES string of the molecule is CCCC(=O)OC[C@@H](C)N(N)/C(=N\N)c1cccc(NC(=O)c2cc(-n3cnc(C4CC4)c3)c(C)cc2F)n1. The standard InChI is InChI=1S/C27H33FN8O3/c1-4-6-25(37)39-14-17(3)36(30)26(34-29)21-7-5-8-24(32-21)33-27(38)19-12-23(16(2)11-20(19)28)35-13-22(31-15-35)18-9-10-18/h5,7-8,11-13,15,17-18H,4,6,9-10,14,29-30H2,1-3H3,(H,32,33,38)/b34-26-/t17-/m1/s1. The number of hydrogen-bond acceptors (Lipinski definition) is 8. The number of hydrazone groups is 1. The van der Waals surface area contributed by atoms with Crippen molar-refractivity contribution < 1.29 is 18.7 Å². The summed E-state index contributed by atoms with van der Waals surface area (Å²) in [6.45, 7) is 5.42. The molecule has 0 aliphatic heterocycles. The number of halogens is 1. The largest absolute Gasteiger partial charge is 0.463 e. The second kappa shape index (κ2) is 12.0. The molecule has 1 fully saturated rings. The van der Waals surface area contributed by atoms with Gasteiger partial charge in [-0.2, -0.15) is 5.10 Å². The number of ether oxygens (including phenoxy) is 1. The second-order valence-corrected chi connectivity index (χ2v) is 9.60. The third kappa shape index (κ3) is 6.58. The van der Waals surface area contributed by atoms with Crippen LogP contribution in [0, 0.1) is 12.7 Å². The molecule has 1 amide bonds. The van der Waals surface area contributed by atoms with Gasteiger partial charge in [0.1, 0.15) is 23.9 Å². The van der Waals surface area contributed by atoms with Gasteiger partial charge >= 0.3 is 5.97 Å². The van der Waals surface area contributed by atoms with Crippen LogP contribution in [0.3, 0.4) is 0 Å². The number of benzene rings is 1. The van der Waals surface area contributed by atoms with Crippen molar-refractivity contribution in [3.05, 3.63) is 71.2 Å². The molecule has 39 heavy (non-hydrogen) atoms. The van der Waals surface area contributed by atoms with Gasteiger partial charge in [0.05, 0.1) is 29.3 Å². The molecule has 1 atom stereocenters. The summed E-state index contributed by atoms with van der Waals surface area (Å²) in [4.78, 5) is 33.6. The van der Waals surface area contributed by atoms with E-state index in [0.717, 1.165) is 18.5 Å². The molecule has 12 heteroatoms. The van der Waals surface area contributed by atoms with Crippen molar-refractivity contribution in [3.63, 3.8) is 0 Å². The highest BCUT2D eigenvalue weighted by molar-refractivity contribution is 6.05. The molecule has 1 aliphatic carbocycles. The van der Waals surface area contributed by atoms with E-state index in [1.807, 2.05) is 13.1 Å². The van der Waals surface area contributed by atoms with E-state index in [2.05, 4.69) is 20.4 Å². The van der Waals surface area contributed by atoms with Crippen molar-refractivity contribution in [1.82, 2.24) is 19.5 Å². The lowest BCUT2D eigenvalue weighted by atomic mass is 10.1. The molecular formula is C27H33FN8O3. The second-order valence-electron chi connectivity index (χ2n) is 9.60. The van der Waals surface area contributed by atoms with E-state index in [9.17, 15) is 14.0 Å². The first kappa shape index (κ1) is 27.7. The summed E-state index contributed by atoms with van der Waals surface area (Å²) in [6.07, 6.45) is 6.81. The quantitative estimate of drug-likeness (QED) is 0.117. The molecule has 1 saturated carbocycles. The molecule has 0 radical (unpaired) electrons. The van der Waals surface area contributed by atoms with Crippen LogP contribution in [-0.2, 0) is 9.53 Å². The number of hydrogen-bond donors (Lipinski definition) is 3. The highest BCUT2D eigenvalue weighted by atomic mass is 19.1. The summed E-state index contributed by atoms with van der Waals surface area (Å²) in [6, 6.07) is 7.15. The van der Waals surface area contributed by atoms with Gasteiger partial charge in [0.15, 0.2) is 5.84 Å². The van der Waals surface area contributed by atoms with Crippen LogP contribution in [-0.4, -0.2) is 49.9 Å². The number of nitrogens with two attached hydrogens (primary N) is 2. The first-order chi connectivity index (χ1) is 18.7. The third-order valence-electron chi connectivity index (χ3n) is 6.41. The van der Waals surface area contributed by atoms with Gasteiger partial charge in [-0.3, -0.25) is 14.6 Å². The fraction of sp³-hybridized carbons (Fsp3) is 0.370. The number of hydrazine groups is 1. The van der Waals surface area contributed by atoms with E-state index in [4.69, 9.17) is 16.4 Å². The van der Waals surface area contributed by atoms with Crippen molar-refractivity contribution in [2.24, 2.45) is 16.8 Å². The van der Waals surface area contributed by atoms with Crippen molar-refractivity contribution in [2.45, 2.75) is 58.4 Å². The van der Waals surface area contributed by atoms with E-state index < -0.39 is 17.8 Å². The molecule has 206 valence electrons. The highest BCUT2D eigenvalue weighted by Crippen LogP contribution is 2.39. The fourth-order valence-corrected chi connectivity index (χ4v) is 4.03. The van der Waals surface area contributed by atoms with Crippen LogP contribution in [0.2, 0.25) is 0 Å². The highest BCUT2D eigenvalue weighted by Gasteiger charge is 2.26. The maximum Gasteiger partial charge on any atom is 0.305 e. The number of aromatic nitrogens is 3. The molecule has 0 bridgehead atoms. The average molecular weight is 537 g/mol. The van der Waals surface area contributed by atoms with Crippen LogP contribution in [0.25, 0.3) is 5.69 Å². The number of nitrogens with one attached hydrogen (secondary N) is 1. The van der Waals surface area contributed by atoms with Gasteiger partial charge in [0, 0.05) is 18.5 Å². The number of amides is 1. The Bertz CT molecular complexity index is 1390. The van der Waals surface area contributed by atoms with Crippen LogP contribution in [0.5, 0.6) is 0 Å². The summed E-state index contributed by atoms with van der Waals surface area (Å²) >= 11 is 0. The molecule has 0 unspecified atom stereocenters. The summed E-state index contributed by atoms with van der Waals surface area (Å²) in [5.41, 5.74) is 2.45. The van der Waals surface area contributed by atoms with Gasteiger partial charge in [0.25, 0.3) is 5.91 Å². The number of pyridine rings is 1. The lowest BCUT2D eigenvalue weighted by Crippen LogP contribution is -2.47. The predicted octanol–water partition coefficient (Wildman–Crippen LogP) is 3.37. The van der Waals surface area contributed by atoms with E-state index in [0.29, 0.717) is 30.0 Å². The van der Waals surface area contributed by atoms with E-state index in [1.165, 1.54) is 17.1 Å². The normalized spacial score (nSPS) is 14.1. The Morgan fingerprint density at radius 3 is 2.79 bits per heavy atom. The number of anilines is 1. The topological polar surface area (TPSA) is 154 Å². The zero-order valence-corrected chi connectivity index (χ0v) is 22.2. The van der Waals surface area contributed by atoms with E-state index in [-0.39, 0.29) is 35.5 Å². The van der Waals surface area contributed by atoms with Gasteiger partial charge in [-0.25, -0.2) is 20.2 Å². The first-order valence-corrected chi connectivity index (χ1v) is 12.8. The zero-order chi connectivity index (χ0) is 28.1. The lowest BCUT2D eigenvalue weighted by Gasteiger charge is -2.26. The number of rotatable bonds is 10. The Balaban J connectivity index is 1.49. The summed E-state index contributed by atoms with van der Waals surface area (Å²) in [7, 11) is 0. The zero-order valence-electron chi connectivity index (χ0n) is 22.2. The van der Waals surface area contributed by atoms with Gasteiger partial charge in [-0.1, -0.05) is 13.0 Å². The van der Waals surface area contributed by atoms with Crippen molar-refractivity contribution >= 4 is 23.5 Å². The molecule has 1 aliphatic rings. The van der Waals surface area contributed by atoms with E-state index in [1.54, 1.807) is 42.9 Å². The molecule has 4 rings (SSSR count). The molecule has 11 nitrogen and oxygen atoms in total. The van der Waals surface area contributed by atoms with Crippen LogP contribution in [0.1, 0.15) is 72.8 Å². The minimum absolute atomic E-state index is 0.0267. The molecule has 1 aromatic carbocycles. The van der Waals surface area contributed by atoms with E-state index >= 15 is 0 Å². The minimum Gasteiger partial charge on any atom is -0.463 e. The summed E-state index contributed by atoms with van der Waals surface area (Å²) < 4.78 is 21.9. The molecule has 5 N–H and O–H groups in total. The Morgan fingerprint density at radius 1 is 1.33 bits per heavy atom. The van der Waals surface area contributed by atoms with Gasteiger partial charge in [-0.15, -0.1) is 0 Å². The number of esters is 1. The summed E-state index contributed by atoms with van der Waals surface area (Å²) in [5, 5.41) is 7.61. The Morgan fingerprint density at radius 2 is 2.10 bits per heavy atom. The van der Waals surface area contributed by atoms with Crippen LogP contribution in [0.15, 0.2) is 48.0 Å².